The first-order valence-corrected chi connectivity index (χ1v) is 11.2. The van der Waals surface area contributed by atoms with Crippen molar-refractivity contribution in [1.82, 2.24) is 14.7 Å². The molecule has 0 saturated carbocycles. The second kappa shape index (κ2) is 8.26. The number of nitrogens with zero attached hydrogens (tertiary/aromatic N) is 3. The predicted molar refractivity (Wildman–Crippen MR) is 123 cm³/mol. The Kier molecular flexibility index (Phi) is 5.43. The molecule has 1 N–H and O–H groups in total. The quantitative estimate of drug-likeness (QED) is 0.511. The first kappa shape index (κ1) is 21.0. The molecule has 32 heavy (non-hydrogen) atoms. The molecule has 164 valence electrons. The second-order valence-electron chi connectivity index (χ2n) is 8.11. The van der Waals surface area contributed by atoms with Crippen LogP contribution >= 0.6 is 23.2 Å². The molecule has 3 heterocycles. The van der Waals surface area contributed by atoms with Gasteiger partial charge < -0.3 is 10.2 Å². The molecule has 2 aromatic carbocycles. The van der Waals surface area contributed by atoms with Gasteiger partial charge in [-0.15, -0.1) is 0 Å². The average Bonchev–Trinajstić information content (AvgIpc) is 3.44. The molecule has 1 saturated heterocycles. The van der Waals surface area contributed by atoms with E-state index in [0.29, 0.717) is 22.2 Å². The smallest absolute Gasteiger partial charge is 0.254 e. The van der Waals surface area contributed by atoms with Crippen molar-refractivity contribution in [3.05, 3.63) is 93.0 Å². The molecule has 2 aliphatic heterocycles. The van der Waals surface area contributed by atoms with Gasteiger partial charge in [0.05, 0.1) is 27.9 Å². The van der Waals surface area contributed by atoms with Gasteiger partial charge in [0.1, 0.15) is 17.7 Å². The molecule has 0 aliphatic carbocycles. The van der Waals surface area contributed by atoms with Crippen LogP contribution in [0.5, 0.6) is 0 Å². The van der Waals surface area contributed by atoms with Crippen LogP contribution in [0.25, 0.3) is 0 Å². The Labute approximate surface area is 195 Å². The van der Waals surface area contributed by atoms with Crippen molar-refractivity contribution in [3.8, 4) is 0 Å². The summed E-state index contributed by atoms with van der Waals surface area (Å²) in [7, 11) is 0. The van der Waals surface area contributed by atoms with Crippen molar-refractivity contribution in [2.24, 2.45) is 0 Å². The third kappa shape index (κ3) is 3.57. The Morgan fingerprint density at radius 3 is 2.59 bits per heavy atom. The zero-order valence-electron chi connectivity index (χ0n) is 17.4. The summed E-state index contributed by atoms with van der Waals surface area (Å²) < 4.78 is 15.2. The number of benzene rings is 2. The molecule has 1 amide bonds. The normalized spacial score (nSPS) is 20.3. The van der Waals surface area contributed by atoms with Crippen LogP contribution in [0.2, 0.25) is 10.0 Å². The van der Waals surface area contributed by atoms with E-state index in [1.165, 1.54) is 12.1 Å². The maximum absolute atomic E-state index is 14.0. The maximum Gasteiger partial charge on any atom is 0.254 e. The molecule has 1 aromatic heterocycles. The lowest BCUT2D eigenvalue weighted by Gasteiger charge is -2.34. The van der Waals surface area contributed by atoms with Crippen molar-refractivity contribution in [1.29, 1.82) is 0 Å². The number of allylic oxidation sites excluding steroid dienone is 1. The number of carbonyl (C=O) groups excluding carboxylic acids is 1. The van der Waals surface area contributed by atoms with E-state index in [9.17, 15) is 9.18 Å². The fraction of sp³-hybridized carbons (Fsp3) is 0.250. The Bertz CT molecular complexity index is 1220. The highest BCUT2D eigenvalue weighted by Gasteiger charge is 2.39. The van der Waals surface area contributed by atoms with Gasteiger partial charge in [-0.25, -0.2) is 9.07 Å². The van der Waals surface area contributed by atoms with E-state index in [0.717, 1.165) is 35.5 Å². The Hall–Kier alpha value is -2.83. The zero-order valence-corrected chi connectivity index (χ0v) is 18.9. The largest absolute Gasteiger partial charge is 0.344 e. The van der Waals surface area contributed by atoms with Crippen LogP contribution in [0.1, 0.15) is 43.0 Å². The molecule has 0 bridgehead atoms. The summed E-state index contributed by atoms with van der Waals surface area (Å²) >= 11 is 12.5. The molecule has 2 atom stereocenters. The summed E-state index contributed by atoms with van der Waals surface area (Å²) in [5.41, 5.74) is 3.13. The average molecular weight is 471 g/mol. The molecule has 0 spiro atoms. The third-order valence-corrected chi connectivity index (χ3v) is 6.91. The first-order chi connectivity index (χ1) is 15.4. The van der Waals surface area contributed by atoms with E-state index in [1.54, 1.807) is 35.1 Å². The lowest BCUT2D eigenvalue weighted by molar-refractivity contribution is -0.128. The summed E-state index contributed by atoms with van der Waals surface area (Å²) in [5.74, 6) is 0.441. The number of rotatable bonds is 3. The fourth-order valence-electron chi connectivity index (χ4n) is 4.67. The second-order valence-corrected chi connectivity index (χ2v) is 8.92. The van der Waals surface area contributed by atoms with Crippen molar-refractivity contribution in [2.45, 2.75) is 31.8 Å². The minimum Gasteiger partial charge on any atom is -0.344 e. The lowest BCUT2D eigenvalue weighted by atomic mass is 9.93. The van der Waals surface area contributed by atoms with Gasteiger partial charge in [0.15, 0.2) is 0 Å². The van der Waals surface area contributed by atoms with E-state index >= 15 is 0 Å². The van der Waals surface area contributed by atoms with Gasteiger partial charge in [-0.05, 0) is 55.2 Å². The highest BCUT2D eigenvalue weighted by atomic mass is 35.5. The number of anilines is 1. The SMILES string of the molecule is CC1=C(C(=O)N2CCC[C@H]2c2ccc(F)cc2)[C@@H](c2ccc(Cl)c(Cl)c2)n2nccc2N1. The Morgan fingerprint density at radius 2 is 1.84 bits per heavy atom. The summed E-state index contributed by atoms with van der Waals surface area (Å²) in [6.07, 6.45) is 3.42. The highest BCUT2D eigenvalue weighted by Crippen LogP contribution is 2.41. The highest BCUT2D eigenvalue weighted by molar-refractivity contribution is 6.42. The topological polar surface area (TPSA) is 50.2 Å². The van der Waals surface area contributed by atoms with Crippen molar-refractivity contribution >= 4 is 34.9 Å². The van der Waals surface area contributed by atoms with Gasteiger partial charge in [0, 0.05) is 18.3 Å². The summed E-state index contributed by atoms with van der Waals surface area (Å²) in [4.78, 5) is 15.9. The zero-order chi connectivity index (χ0) is 22.4. The number of hydrogen-bond acceptors (Lipinski definition) is 3. The lowest BCUT2D eigenvalue weighted by Crippen LogP contribution is -2.38. The fourth-order valence-corrected chi connectivity index (χ4v) is 4.98. The van der Waals surface area contributed by atoms with Crippen LogP contribution in [-0.4, -0.2) is 27.1 Å². The molecular formula is C24H21Cl2FN4O. The molecule has 1 fully saturated rings. The number of fused-ring (bicyclic) bond motifs is 1. The number of likely N-dealkylation sites (tertiary alicyclic amines) is 1. The molecule has 0 radical (unpaired) electrons. The molecular weight excluding hydrogens is 450 g/mol. The molecule has 5 rings (SSSR count). The number of aromatic nitrogens is 2. The molecule has 5 nitrogen and oxygen atoms in total. The van der Waals surface area contributed by atoms with Crippen LogP contribution in [0.15, 0.2) is 66.0 Å². The predicted octanol–water partition coefficient (Wildman–Crippen LogP) is 5.98. The van der Waals surface area contributed by atoms with E-state index < -0.39 is 6.04 Å². The van der Waals surface area contributed by atoms with Crippen molar-refractivity contribution in [3.63, 3.8) is 0 Å². The van der Waals surface area contributed by atoms with Gasteiger partial charge in [0.25, 0.3) is 5.91 Å². The van der Waals surface area contributed by atoms with Gasteiger partial charge in [0.2, 0.25) is 0 Å². The minimum atomic E-state index is -0.446. The number of nitrogens with one attached hydrogen (secondary N) is 1. The summed E-state index contributed by atoms with van der Waals surface area (Å²) in [6, 6.07) is 13.1. The van der Waals surface area contributed by atoms with E-state index in [2.05, 4.69) is 10.4 Å². The number of amides is 1. The van der Waals surface area contributed by atoms with Crippen LogP contribution in [0.3, 0.4) is 0 Å². The molecule has 0 unspecified atom stereocenters. The third-order valence-electron chi connectivity index (χ3n) is 6.17. The molecule has 3 aromatic rings. The van der Waals surface area contributed by atoms with Crippen LogP contribution in [-0.2, 0) is 4.79 Å². The number of carbonyl (C=O) groups is 1. The Morgan fingerprint density at radius 1 is 1.09 bits per heavy atom. The van der Waals surface area contributed by atoms with Gasteiger partial charge in [-0.1, -0.05) is 41.4 Å². The van der Waals surface area contributed by atoms with Crippen LogP contribution < -0.4 is 5.32 Å². The first-order valence-electron chi connectivity index (χ1n) is 10.5. The van der Waals surface area contributed by atoms with Crippen molar-refractivity contribution in [2.75, 3.05) is 11.9 Å². The maximum atomic E-state index is 14.0. The summed E-state index contributed by atoms with van der Waals surface area (Å²) in [6.45, 7) is 2.54. The van der Waals surface area contributed by atoms with Crippen LogP contribution in [0.4, 0.5) is 10.2 Å². The van der Waals surface area contributed by atoms with Crippen LogP contribution in [0, 0.1) is 5.82 Å². The summed E-state index contributed by atoms with van der Waals surface area (Å²) in [5, 5.41) is 8.66. The van der Waals surface area contributed by atoms with Gasteiger partial charge >= 0.3 is 0 Å². The van der Waals surface area contributed by atoms with E-state index in [1.807, 2.05) is 24.0 Å². The number of halogens is 3. The monoisotopic (exact) mass is 470 g/mol. The van der Waals surface area contributed by atoms with E-state index in [-0.39, 0.29) is 17.8 Å². The van der Waals surface area contributed by atoms with Gasteiger partial charge in [-0.2, -0.15) is 5.10 Å². The molecule has 2 aliphatic rings. The van der Waals surface area contributed by atoms with Gasteiger partial charge in [-0.3, -0.25) is 4.79 Å². The number of hydrogen-bond donors (Lipinski definition) is 1. The minimum absolute atomic E-state index is 0.0703. The Balaban J connectivity index is 1.57. The van der Waals surface area contributed by atoms with Crippen molar-refractivity contribution < 1.29 is 9.18 Å². The molecule has 8 heteroatoms. The standard InChI is InChI=1S/C24H21Cl2FN4O/c1-14-22(24(32)30-12-2-3-20(30)15-4-7-17(27)8-5-15)23(31-21(29-14)10-11-28-31)16-6-9-18(25)19(26)13-16/h4-11,13,20,23,29H,2-3,12H2,1H3/t20-,23+/m0/s1. The van der Waals surface area contributed by atoms with E-state index in [4.69, 9.17) is 23.2 Å².